The van der Waals surface area contributed by atoms with Crippen LogP contribution in [0.1, 0.15) is 85.3 Å². The fraction of sp³-hybridized carbons (Fsp3) is 0.511. The topological polar surface area (TPSA) is 217 Å². The van der Waals surface area contributed by atoms with Crippen LogP contribution in [0, 0.1) is 5.92 Å². The predicted molar refractivity (Wildman–Crippen MR) is 251 cm³/mol. The fourth-order valence-electron chi connectivity index (χ4n) is 6.46. The third-order valence-corrected chi connectivity index (χ3v) is 11.8. The number of thioether (sulfide) groups is 2. The van der Waals surface area contributed by atoms with Gasteiger partial charge in [-0.3, -0.25) is 19.2 Å². The van der Waals surface area contributed by atoms with Crippen LogP contribution in [0.15, 0.2) is 85.0 Å². The highest BCUT2D eigenvalue weighted by molar-refractivity contribution is 7.99. The molecule has 0 unspecified atom stereocenters. The van der Waals surface area contributed by atoms with E-state index in [0.29, 0.717) is 36.5 Å². The number of unbranched alkanes of at least 4 members (excludes halogenated alkanes) is 1. The maximum Gasteiger partial charge on any atom is 0.417 e. The molecule has 64 heavy (non-hydrogen) atoms. The zero-order valence-electron chi connectivity index (χ0n) is 38.4. The second kappa shape index (κ2) is 28.6. The van der Waals surface area contributed by atoms with Crippen molar-refractivity contribution >= 4 is 65.4 Å². The van der Waals surface area contributed by atoms with Gasteiger partial charge in [0.2, 0.25) is 5.91 Å². The first-order valence-electron chi connectivity index (χ1n) is 21.1. The molecule has 2 aromatic carbocycles. The molecule has 2 aliphatic rings. The summed E-state index contributed by atoms with van der Waals surface area (Å²) < 4.78 is 11.0. The number of imide groups is 2. The third-order valence-electron chi connectivity index (χ3n) is 9.90. The number of carbonyl (C=O) groups is 7. The van der Waals surface area contributed by atoms with Crippen LogP contribution in [0.25, 0.3) is 0 Å². The van der Waals surface area contributed by atoms with Gasteiger partial charge in [0.25, 0.3) is 5.91 Å². The van der Waals surface area contributed by atoms with E-state index < -0.39 is 47.7 Å². The second-order valence-electron chi connectivity index (χ2n) is 15.9. The molecule has 0 spiro atoms. The van der Waals surface area contributed by atoms with E-state index in [1.807, 2.05) is 109 Å². The minimum Gasteiger partial charge on any atom is -0.481 e. The van der Waals surface area contributed by atoms with E-state index in [1.54, 1.807) is 23.5 Å². The summed E-state index contributed by atoms with van der Waals surface area (Å²) in [5, 5.41) is 26.8. The Morgan fingerprint density at radius 1 is 0.719 bits per heavy atom. The van der Waals surface area contributed by atoms with Crippen molar-refractivity contribution in [3.05, 3.63) is 96.1 Å². The first-order chi connectivity index (χ1) is 30.1. The summed E-state index contributed by atoms with van der Waals surface area (Å²) in [5.41, 5.74) is 1.45. The van der Waals surface area contributed by atoms with Gasteiger partial charge < -0.3 is 30.1 Å². The minimum absolute atomic E-state index is 0.126. The number of aliphatic carboxylic acids is 3. The van der Waals surface area contributed by atoms with Gasteiger partial charge in [-0.1, -0.05) is 107 Å². The number of nitrogens with zero attached hydrogens (tertiary/aromatic N) is 2. The highest BCUT2D eigenvalue weighted by atomic mass is 32.2. The van der Waals surface area contributed by atoms with Crippen LogP contribution < -0.4 is 5.32 Å². The van der Waals surface area contributed by atoms with Gasteiger partial charge in [-0.05, 0) is 76.6 Å². The molecular weight excluding hydrogens is 863 g/mol. The molecule has 0 aromatic heterocycles. The molecule has 4 rings (SSSR count). The van der Waals surface area contributed by atoms with Gasteiger partial charge in [-0.25, -0.2) is 24.2 Å². The molecule has 0 radical (unpaired) electrons. The van der Waals surface area contributed by atoms with Gasteiger partial charge in [0.1, 0.15) is 17.6 Å². The van der Waals surface area contributed by atoms with Crippen LogP contribution >= 0.6 is 23.5 Å². The second-order valence-corrected chi connectivity index (χ2v) is 18.4. The largest absolute Gasteiger partial charge is 0.481 e. The van der Waals surface area contributed by atoms with Gasteiger partial charge in [0.15, 0.2) is 0 Å². The summed E-state index contributed by atoms with van der Waals surface area (Å²) in [6.45, 7) is 21.3. The van der Waals surface area contributed by atoms with Crippen molar-refractivity contribution in [1.29, 1.82) is 0 Å². The molecule has 0 bridgehead atoms. The average molecular weight is 930 g/mol. The van der Waals surface area contributed by atoms with Gasteiger partial charge in [-0.2, -0.15) is 23.5 Å². The van der Waals surface area contributed by atoms with Crippen molar-refractivity contribution in [2.75, 3.05) is 36.6 Å². The highest BCUT2D eigenvalue weighted by Gasteiger charge is 2.52. The number of hydrogen-bond donors (Lipinski definition) is 4. The molecule has 3 atom stereocenters. The summed E-state index contributed by atoms with van der Waals surface area (Å²) in [7, 11) is 1.83. The lowest BCUT2D eigenvalue weighted by atomic mass is 9.90. The van der Waals surface area contributed by atoms with Crippen LogP contribution in [-0.2, 0) is 46.3 Å². The molecule has 4 N–H and O–H groups in total. The standard InChI is InChI=1S/C20H30N2O3.C18H23NO3S.C6H10O2S.C3H4O4/c1-5-6-12-16(14-21-4)18(23)22-17(20(2,3)25-19(22)24)13-15-10-8-7-9-11-15;1-5-23-12-13(2)16(20)19-15(18(3,4)22-17(19)21)11-14-9-7-6-8-10-14;1-3-9-4-5(2)6(7)8;4-2(5)1-3(6)7/h7-11,16-17,21H,5-6,12-14H2,1-4H3;6-10,15H,2,5,11-12H2,1,3-4H3;2-4H2,1H3,(H,7,8);1H2,(H,4,5)(H,6,7)/t16-,17+;15-;;/m10../s1. The van der Waals surface area contributed by atoms with E-state index in [0.717, 1.165) is 41.9 Å². The number of hydrogen-bond acceptors (Lipinski definition) is 12. The lowest BCUT2D eigenvalue weighted by Crippen LogP contribution is -2.49. The molecule has 354 valence electrons. The van der Waals surface area contributed by atoms with Crippen LogP contribution in [0.2, 0.25) is 0 Å². The maximum atomic E-state index is 13.1. The molecule has 2 aliphatic heterocycles. The number of nitrogens with one attached hydrogen (secondary N) is 1. The zero-order chi connectivity index (χ0) is 48.6. The van der Waals surface area contributed by atoms with E-state index in [2.05, 4.69) is 25.4 Å². The SMILES string of the molecule is C=C(CSCC)C(=O)N1C(=O)OC(C)(C)[C@@H]1Cc1ccccc1.C=C(CSCC)C(=O)O.CCCC[C@H](CNC)C(=O)N1C(=O)OC(C)(C)[C@@H]1Cc1ccccc1.O=C(O)CC(=O)O. The molecule has 2 saturated heterocycles. The predicted octanol–water partition coefficient (Wildman–Crippen LogP) is 7.97. The van der Waals surface area contributed by atoms with E-state index >= 15 is 0 Å². The number of carboxylic acid groups (broad SMARTS) is 3. The van der Waals surface area contributed by atoms with Crippen molar-refractivity contribution < 1.29 is 58.4 Å². The lowest BCUT2D eigenvalue weighted by Gasteiger charge is -2.30. The number of carboxylic acids is 3. The highest BCUT2D eigenvalue weighted by Crippen LogP contribution is 2.35. The minimum atomic E-state index is -1.31. The molecule has 15 nitrogen and oxygen atoms in total. The van der Waals surface area contributed by atoms with Gasteiger partial charge >= 0.3 is 30.1 Å². The van der Waals surface area contributed by atoms with Crippen LogP contribution in [-0.4, -0.2) is 127 Å². The molecular formula is C47H67N3O12S2. The number of ether oxygens (including phenoxy) is 2. The number of rotatable bonds is 20. The molecule has 2 aromatic rings. The van der Waals surface area contributed by atoms with E-state index in [1.165, 1.54) is 9.80 Å². The fourth-order valence-corrected chi connectivity index (χ4v) is 7.61. The molecule has 0 saturated carbocycles. The van der Waals surface area contributed by atoms with E-state index in [-0.39, 0.29) is 35.4 Å². The summed E-state index contributed by atoms with van der Waals surface area (Å²) in [6, 6.07) is 19.1. The Labute approximate surface area is 386 Å². The Hall–Kier alpha value is -5.13. The molecule has 2 heterocycles. The van der Waals surface area contributed by atoms with Gasteiger partial charge in [-0.15, -0.1) is 0 Å². The maximum absolute atomic E-state index is 13.1. The van der Waals surface area contributed by atoms with Gasteiger partial charge in [0.05, 0.1) is 18.0 Å². The normalized spacial score (nSPS) is 17.1. The number of cyclic esters (lactones) is 2. The van der Waals surface area contributed by atoms with Crippen molar-refractivity contribution in [1.82, 2.24) is 15.1 Å². The molecule has 17 heteroatoms. The average Bonchev–Trinajstić information content (AvgIpc) is 3.60. The summed E-state index contributed by atoms with van der Waals surface area (Å²) >= 11 is 3.17. The summed E-state index contributed by atoms with van der Waals surface area (Å²) in [4.78, 5) is 82.1. The zero-order valence-corrected chi connectivity index (χ0v) is 40.1. The van der Waals surface area contributed by atoms with E-state index in [9.17, 15) is 33.6 Å². The molecule has 0 aliphatic carbocycles. The number of benzene rings is 2. The Bertz CT molecular complexity index is 1860. The van der Waals surface area contributed by atoms with E-state index in [4.69, 9.17) is 24.8 Å². The third kappa shape index (κ3) is 19.3. The molecule has 2 fully saturated rings. The van der Waals surface area contributed by atoms with Crippen molar-refractivity contribution in [2.45, 2.75) is 110 Å². The summed E-state index contributed by atoms with van der Waals surface area (Å²) in [5.74, 6) is -1.28. The first kappa shape index (κ1) is 56.9. The summed E-state index contributed by atoms with van der Waals surface area (Å²) in [6.07, 6.45) is 2.03. The lowest BCUT2D eigenvalue weighted by molar-refractivity contribution is -0.147. The Morgan fingerprint density at radius 3 is 1.52 bits per heavy atom. The number of amides is 4. The monoisotopic (exact) mass is 929 g/mol. The Kier molecular flexibility index (Phi) is 25.4. The Balaban J connectivity index is 0.000000481. The van der Waals surface area contributed by atoms with Gasteiger partial charge in [0, 0.05) is 29.2 Å². The van der Waals surface area contributed by atoms with Crippen molar-refractivity contribution in [3.63, 3.8) is 0 Å². The van der Waals surface area contributed by atoms with Crippen molar-refractivity contribution in [2.24, 2.45) is 5.92 Å². The molecule has 4 amide bonds. The number of carbonyl (C=O) groups excluding carboxylic acids is 4. The van der Waals surface area contributed by atoms with Crippen LogP contribution in [0.4, 0.5) is 9.59 Å². The van der Waals surface area contributed by atoms with Crippen LogP contribution in [0.3, 0.4) is 0 Å². The smallest absolute Gasteiger partial charge is 0.417 e. The van der Waals surface area contributed by atoms with Crippen LogP contribution in [0.5, 0.6) is 0 Å². The Morgan fingerprint density at radius 2 is 1.14 bits per heavy atom. The first-order valence-corrected chi connectivity index (χ1v) is 23.4. The van der Waals surface area contributed by atoms with Crippen molar-refractivity contribution in [3.8, 4) is 0 Å². The quantitative estimate of drug-likeness (QED) is 0.0731.